The summed E-state index contributed by atoms with van der Waals surface area (Å²) in [5, 5.41) is 0.548. The molecule has 1 amide bonds. The van der Waals surface area contributed by atoms with E-state index in [0.29, 0.717) is 11.2 Å². The Balaban J connectivity index is 1.96. The first-order valence-electron chi connectivity index (χ1n) is 7.46. The van der Waals surface area contributed by atoms with Crippen LogP contribution in [0.25, 0.3) is 0 Å². The van der Waals surface area contributed by atoms with Gasteiger partial charge in [0, 0.05) is 25.0 Å². The van der Waals surface area contributed by atoms with Crippen molar-refractivity contribution in [1.82, 2.24) is 14.9 Å². The molecule has 0 radical (unpaired) electrons. The van der Waals surface area contributed by atoms with Gasteiger partial charge in [0.1, 0.15) is 0 Å². The number of hydrogen-bond acceptors (Lipinski definition) is 4. The molecular weight excluding hydrogens is 270 g/mol. The highest BCUT2D eigenvalue weighted by Crippen LogP contribution is 2.26. The Labute approximate surface area is 125 Å². The summed E-state index contributed by atoms with van der Waals surface area (Å²) in [6.07, 6.45) is 9.54. The highest BCUT2D eigenvalue weighted by molar-refractivity contribution is 8.00. The van der Waals surface area contributed by atoms with Gasteiger partial charge in [0.2, 0.25) is 5.91 Å². The van der Waals surface area contributed by atoms with Crippen LogP contribution in [0.1, 0.15) is 46.0 Å². The van der Waals surface area contributed by atoms with Gasteiger partial charge in [-0.05, 0) is 32.8 Å². The summed E-state index contributed by atoms with van der Waals surface area (Å²) in [6.45, 7) is 4.82. The number of hydrogen-bond donors (Lipinski definition) is 0. The van der Waals surface area contributed by atoms with Crippen LogP contribution in [0.3, 0.4) is 0 Å². The minimum atomic E-state index is -0.126. The fourth-order valence-electron chi connectivity index (χ4n) is 2.78. The number of amides is 1. The number of nitrogens with zero attached hydrogens (tertiary/aromatic N) is 3. The summed E-state index contributed by atoms with van der Waals surface area (Å²) in [7, 11) is 0. The van der Waals surface area contributed by atoms with Crippen molar-refractivity contribution in [3.05, 3.63) is 18.5 Å². The second-order valence-corrected chi connectivity index (χ2v) is 6.52. The minimum Gasteiger partial charge on any atom is -0.339 e. The first kappa shape index (κ1) is 15.3. The van der Waals surface area contributed by atoms with E-state index in [1.54, 1.807) is 18.5 Å². The number of carbonyl (C=O) groups excluding carboxylic acids is 1. The first-order valence-corrected chi connectivity index (χ1v) is 8.34. The second kappa shape index (κ2) is 7.62. The van der Waals surface area contributed by atoms with Crippen molar-refractivity contribution in [2.45, 2.75) is 62.4 Å². The molecule has 2 rings (SSSR count). The summed E-state index contributed by atoms with van der Waals surface area (Å²) in [6, 6.07) is 2.22. The molecule has 0 saturated heterocycles. The van der Waals surface area contributed by atoms with Crippen LogP contribution in [0.4, 0.5) is 0 Å². The van der Waals surface area contributed by atoms with Gasteiger partial charge in [0.05, 0.1) is 5.25 Å². The van der Waals surface area contributed by atoms with Gasteiger partial charge in [-0.2, -0.15) is 0 Å². The van der Waals surface area contributed by atoms with Crippen LogP contribution >= 0.6 is 11.8 Å². The van der Waals surface area contributed by atoms with E-state index in [1.807, 2.05) is 6.92 Å². The van der Waals surface area contributed by atoms with Crippen molar-refractivity contribution in [2.75, 3.05) is 6.54 Å². The molecule has 0 bridgehead atoms. The van der Waals surface area contributed by atoms with E-state index in [1.165, 1.54) is 31.0 Å². The van der Waals surface area contributed by atoms with Crippen LogP contribution in [-0.4, -0.2) is 38.6 Å². The quantitative estimate of drug-likeness (QED) is 0.618. The van der Waals surface area contributed by atoms with Crippen LogP contribution in [0, 0.1) is 0 Å². The first-order chi connectivity index (χ1) is 9.72. The molecule has 1 fully saturated rings. The van der Waals surface area contributed by atoms with E-state index in [9.17, 15) is 4.79 Å². The van der Waals surface area contributed by atoms with Crippen molar-refractivity contribution in [3.8, 4) is 0 Å². The van der Waals surface area contributed by atoms with Gasteiger partial charge < -0.3 is 4.90 Å². The number of thioether (sulfide) groups is 1. The van der Waals surface area contributed by atoms with E-state index < -0.39 is 0 Å². The predicted molar refractivity (Wildman–Crippen MR) is 81.6 cm³/mol. The zero-order valence-corrected chi connectivity index (χ0v) is 13.1. The summed E-state index contributed by atoms with van der Waals surface area (Å²) < 4.78 is 0. The molecule has 5 heteroatoms. The van der Waals surface area contributed by atoms with E-state index in [0.717, 1.165) is 19.4 Å². The van der Waals surface area contributed by atoms with Crippen LogP contribution in [0.5, 0.6) is 0 Å². The lowest BCUT2D eigenvalue weighted by atomic mass is 9.94. The lowest BCUT2D eigenvalue weighted by Crippen LogP contribution is -2.44. The van der Waals surface area contributed by atoms with Gasteiger partial charge in [-0.15, -0.1) is 0 Å². The molecule has 4 nitrogen and oxygen atoms in total. The summed E-state index contributed by atoms with van der Waals surface area (Å²) in [5.74, 6) is 0.219. The largest absolute Gasteiger partial charge is 0.339 e. The maximum Gasteiger partial charge on any atom is 0.236 e. The minimum absolute atomic E-state index is 0.126. The Kier molecular flexibility index (Phi) is 5.83. The second-order valence-electron chi connectivity index (χ2n) is 5.21. The molecule has 0 aromatic carbocycles. The standard InChI is InChI=1S/C15H23N3OS/c1-3-18(13-8-5-4-6-9-13)14(19)12(2)20-15-16-10-7-11-17-15/h7,10-13H,3-6,8-9H2,1-2H3. The molecular formula is C15H23N3OS. The van der Waals surface area contributed by atoms with Crippen LogP contribution in [0.2, 0.25) is 0 Å². The number of aromatic nitrogens is 2. The lowest BCUT2D eigenvalue weighted by molar-refractivity contribution is -0.133. The molecule has 20 heavy (non-hydrogen) atoms. The van der Waals surface area contributed by atoms with Crippen molar-refractivity contribution in [1.29, 1.82) is 0 Å². The molecule has 1 aromatic heterocycles. The molecule has 0 spiro atoms. The molecule has 1 aliphatic carbocycles. The topological polar surface area (TPSA) is 46.1 Å². The fraction of sp³-hybridized carbons (Fsp3) is 0.667. The van der Waals surface area contributed by atoms with Crippen LogP contribution < -0.4 is 0 Å². The fourth-order valence-corrected chi connectivity index (χ4v) is 3.57. The summed E-state index contributed by atoms with van der Waals surface area (Å²) in [5.41, 5.74) is 0. The van der Waals surface area contributed by atoms with E-state index in [-0.39, 0.29) is 11.2 Å². The molecule has 1 unspecified atom stereocenters. The van der Waals surface area contributed by atoms with Crippen molar-refractivity contribution in [2.24, 2.45) is 0 Å². The normalized spacial score (nSPS) is 17.7. The molecule has 0 N–H and O–H groups in total. The number of rotatable bonds is 5. The molecule has 1 atom stereocenters. The molecule has 1 saturated carbocycles. The zero-order chi connectivity index (χ0) is 14.4. The third-order valence-corrected chi connectivity index (χ3v) is 4.79. The molecule has 1 aliphatic rings. The van der Waals surface area contributed by atoms with E-state index in [2.05, 4.69) is 21.8 Å². The molecule has 110 valence electrons. The third kappa shape index (κ3) is 3.95. The van der Waals surface area contributed by atoms with Crippen LogP contribution in [-0.2, 0) is 4.79 Å². The van der Waals surface area contributed by atoms with Gasteiger partial charge in [0.25, 0.3) is 0 Å². The van der Waals surface area contributed by atoms with Gasteiger partial charge in [-0.25, -0.2) is 9.97 Å². The van der Waals surface area contributed by atoms with Gasteiger partial charge in [-0.3, -0.25) is 4.79 Å². The molecule has 0 aliphatic heterocycles. The average Bonchev–Trinajstić information content (AvgIpc) is 2.50. The Bertz CT molecular complexity index is 420. The van der Waals surface area contributed by atoms with E-state index in [4.69, 9.17) is 0 Å². The Morgan fingerprint density at radius 1 is 1.35 bits per heavy atom. The maximum atomic E-state index is 12.6. The zero-order valence-electron chi connectivity index (χ0n) is 12.3. The lowest BCUT2D eigenvalue weighted by Gasteiger charge is -2.35. The highest BCUT2D eigenvalue weighted by Gasteiger charge is 2.28. The van der Waals surface area contributed by atoms with Gasteiger partial charge >= 0.3 is 0 Å². The van der Waals surface area contributed by atoms with E-state index >= 15 is 0 Å². The summed E-state index contributed by atoms with van der Waals surface area (Å²) >= 11 is 1.45. The predicted octanol–water partition coefficient (Wildman–Crippen LogP) is 3.14. The maximum absolute atomic E-state index is 12.6. The smallest absolute Gasteiger partial charge is 0.236 e. The van der Waals surface area contributed by atoms with Gasteiger partial charge in [-0.1, -0.05) is 31.0 Å². The average molecular weight is 293 g/mol. The Hall–Kier alpha value is -1.10. The van der Waals surface area contributed by atoms with Crippen LogP contribution in [0.15, 0.2) is 23.6 Å². The van der Waals surface area contributed by atoms with Crippen molar-refractivity contribution in [3.63, 3.8) is 0 Å². The summed E-state index contributed by atoms with van der Waals surface area (Å²) in [4.78, 5) is 23.0. The molecule has 1 aromatic rings. The number of carbonyl (C=O) groups is 1. The molecule has 1 heterocycles. The van der Waals surface area contributed by atoms with Gasteiger partial charge in [0.15, 0.2) is 5.16 Å². The Morgan fingerprint density at radius 2 is 2.00 bits per heavy atom. The monoisotopic (exact) mass is 293 g/mol. The SMILES string of the molecule is CCN(C(=O)C(C)Sc1ncccn1)C1CCCCC1. The highest BCUT2D eigenvalue weighted by atomic mass is 32.2. The van der Waals surface area contributed by atoms with Crippen molar-refractivity contribution < 1.29 is 4.79 Å². The third-order valence-electron chi connectivity index (χ3n) is 3.81. The Morgan fingerprint density at radius 3 is 2.60 bits per heavy atom. The van der Waals surface area contributed by atoms with Crippen molar-refractivity contribution >= 4 is 17.7 Å².